The number of aliphatic carboxylic acids is 1. The Morgan fingerprint density at radius 2 is 1.76 bits per heavy atom. The Balaban J connectivity index is 2.00. The van der Waals surface area contributed by atoms with Crippen LogP contribution in [-0.2, 0) is 9.59 Å². The van der Waals surface area contributed by atoms with Crippen molar-refractivity contribution >= 4 is 11.9 Å². The van der Waals surface area contributed by atoms with Crippen LogP contribution >= 0.6 is 0 Å². The number of carbonyl (C=O) groups is 2. The van der Waals surface area contributed by atoms with Crippen molar-refractivity contribution in [2.45, 2.75) is 52.5 Å². The van der Waals surface area contributed by atoms with Crippen LogP contribution in [0.2, 0.25) is 0 Å². The number of carboxylic acids is 1. The largest absolute Gasteiger partial charge is 0.481 e. The maximum absolute atomic E-state index is 12.5. The van der Waals surface area contributed by atoms with Crippen LogP contribution in [0.25, 0.3) is 0 Å². The monoisotopic (exact) mass is 296 g/mol. The molecule has 5 heteroatoms. The van der Waals surface area contributed by atoms with E-state index in [0.29, 0.717) is 6.54 Å². The average Bonchev–Trinajstić information content (AvgIpc) is 2.99. The third-order valence-electron chi connectivity index (χ3n) is 5.35. The molecule has 2 rings (SSSR count). The standard InChI is InChI=1S/C16H28N2O3/c1-12(14(19)17-8-4-5-9-17)18-10-6-7-13(11-18)16(2,3)15(20)21/h12-13H,4-11H2,1-3H3,(H,20,21). The molecule has 2 fully saturated rings. The first-order chi connectivity index (χ1) is 9.84. The highest BCUT2D eigenvalue weighted by Gasteiger charge is 2.41. The van der Waals surface area contributed by atoms with Crippen molar-refractivity contribution in [3.63, 3.8) is 0 Å². The molecule has 0 aromatic carbocycles. The quantitative estimate of drug-likeness (QED) is 0.859. The van der Waals surface area contributed by atoms with Gasteiger partial charge >= 0.3 is 5.97 Å². The Labute approximate surface area is 127 Å². The summed E-state index contributed by atoms with van der Waals surface area (Å²) >= 11 is 0. The second kappa shape index (κ2) is 6.34. The molecule has 2 unspecified atom stereocenters. The van der Waals surface area contributed by atoms with Gasteiger partial charge in [0.25, 0.3) is 0 Å². The minimum Gasteiger partial charge on any atom is -0.481 e. The SMILES string of the molecule is CC(C(=O)N1CCCC1)N1CCCC(C(C)(C)C(=O)O)C1. The first kappa shape index (κ1) is 16.3. The molecule has 0 radical (unpaired) electrons. The molecule has 0 saturated carbocycles. The maximum atomic E-state index is 12.5. The number of carboxylic acid groups (broad SMARTS) is 1. The predicted molar refractivity (Wildman–Crippen MR) is 81.0 cm³/mol. The number of likely N-dealkylation sites (tertiary alicyclic amines) is 2. The topological polar surface area (TPSA) is 60.9 Å². The van der Waals surface area contributed by atoms with E-state index < -0.39 is 11.4 Å². The van der Waals surface area contributed by atoms with Crippen LogP contribution in [-0.4, -0.2) is 59.0 Å². The zero-order valence-corrected chi connectivity index (χ0v) is 13.5. The molecular formula is C16H28N2O3. The second-order valence-electron chi connectivity index (χ2n) is 7.07. The highest BCUT2D eigenvalue weighted by atomic mass is 16.4. The van der Waals surface area contributed by atoms with E-state index >= 15 is 0 Å². The Morgan fingerprint density at radius 1 is 1.14 bits per heavy atom. The molecule has 21 heavy (non-hydrogen) atoms. The van der Waals surface area contributed by atoms with Crippen molar-refractivity contribution in [3.05, 3.63) is 0 Å². The van der Waals surface area contributed by atoms with Crippen LogP contribution in [0.5, 0.6) is 0 Å². The number of hydrogen-bond acceptors (Lipinski definition) is 3. The van der Waals surface area contributed by atoms with Gasteiger partial charge in [-0.05, 0) is 58.9 Å². The fourth-order valence-electron chi connectivity index (χ4n) is 3.48. The van der Waals surface area contributed by atoms with Crippen molar-refractivity contribution in [1.29, 1.82) is 0 Å². The predicted octanol–water partition coefficient (Wildman–Crippen LogP) is 1.82. The van der Waals surface area contributed by atoms with E-state index in [1.165, 1.54) is 0 Å². The smallest absolute Gasteiger partial charge is 0.309 e. The molecule has 120 valence electrons. The molecule has 2 atom stereocenters. The van der Waals surface area contributed by atoms with Gasteiger partial charge in [-0.3, -0.25) is 14.5 Å². The van der Waals surface area contributed by atoms with Crippen LogP contribution < -0.4 is 0 Å². The molecule has 0 bridgehead atoms. The lowest BCUT2D eigenvalue weighted by atomic mass is 9.74. The molecule has 0 spiro atoms. The summed E-state index contributed by atoms with van der Waals surface area (Å²) in [4.78, 5) is 28.1. The number of amides is 1. The maximum Gasteiger partial charge on any atom is 0.309 e. The molecule has 0 aromatic rings. The van der Waals surface area contributed by atoms with Crippen LogP contribution in [0.4, 0.5) is 0 Å². The Hall–Kier alpha value is -1.10. The molecule has 2 saturated heterocycles. The normalized spacial score (nSPS) is 25.9. The van der Waals surface area contributed by atoms with Crippen molar-refractivity contribution in [3.8, 4) is 0 Å². The highest BCUT2D eigenvalue weighted by molar-refractivity contribution is 5.81. The van der Waals surface area contributed by atoms with Crippen LogP contribution in [0.15, 0.2) is 0 Å². The fourth-order valence-corrected chi connectivity index (χ4v) is 3.48. The minimum atomic E-state index is -0.743. The molecular weight excluding hydrogens is 268 g/mol. The van der Waals surface area contributed by atoms with Gasteiger partial charge < -0.3 is 10.0 Å². The van der Waals surface area contributed by atoms with Gasteiger partial charge in [0, 0.05) is 19.6 Å². The van der Waals surface area contributed by atoms with Crippen molar-refractivity contribution in [2.24, 2.45) is 11.3 Å². The van der Waals surface area contributed by atoms with Crippen molar-refractivity contribution < 1.29 is 14.7 Å². The van der Waals surface area contributed by atoms with E-state index in [1.54, 1.807) is 13.8 Å². The Morgan fingerprint density at radius 3 is 2.33 bits per heavy atom. The molecule has 2 heterocycles. The first-order valence-electron chi connectivity index (χ1n) is 8.10. The summed E-state index contributed by atoms with van der Waals surface area (Å²) in [5, 5.41) is 9.41. The average molecular weight is 296 g/mol. The minimum absolute atomic E-state index is 0.109. The molecule has 2 aliphatic heterocycles. The van der Waals surface area contributed by atoms with Gasteiger partial charge in [0.2, 0.25) is 5.91 Å². The van der Waals surface area contributed by atoms with Crippen LogP contribution in [0.3, 0.4) is 0 Å². The number of hydrogen-bond donors (Lipinski definition) is 1. The van der Waals surface area contributed by atoms with E-state index in [0.717, 1.165) is 45.3 Å². The fraction of sp³-hybridized carbons (Fsp3) is 0.875. The van der Waals surface area contributed by atoms with E-state index in [2.05, 4.69) is 4.90 Å². The number of piperidine rings is 1. The van der Waals surface area contributed by atoms with E-state index in [4.69, 9.17) is 0 Å². The van der Waals surface area contributed by atoms with Gasteiger partial charge in [0.1, 0.15) is 0 Å². The summed E-state index contributed by atoms with van der Waals surface area (Å²) in [7, 11) is 0. The van der Waals surface area contributed by atoms with Gasteiger partial charge in [0.05, 0.1) is 11.5 Å². The van der Waals surface area contributed by atoms with E-state index in [9.17, 15) is 14.7 Å². The summed E-state index contributed by atoms with van der Waals surface area (Å²) in [6.45, 7) is 8.93. The Kier molecular flexibility index (Phi) is 4.91. The second-order valence-corrected chi connectivity index (χ2v) is 7.07. The summed E-state index contributed by atoms with van der Waals surface area (Å²) in [6.07, 6.45) is 4.11. The third kappa shape index (κ3) is 3.39. The van der Waals surface area contributed by atoms with Gasteiger partial charge in [-0.15, -0.1) is 0 Å². The number of rotatable bonds is 4. The lowest BCUT2D eigenvalue weighted by Crippen LogP contribution is -2.52. The summed E-state index contributed by atoms with van der Waals surface area (Å²) < 4.78 is 0. The van der Waals surface area contributed by atoms with Crippen LogP contribution in [0, 0.1) is 11.3 Å². The van der Waals surface area contributed by atoms with Gasteiger partial charge in [-0.2, -0.15) is 0 Å². The summed E-state index contributed by atoms with van der Waals surface area (Å²) in [5.74, 6) is -0.424. The number of nitrogens with zero attached hydrogens (tertiary/aromatic N) is 2. The molecule has 1 N–H and O–H groups in total. The molecule has 0 aliphatic carbocycles. The van der Waals surface area contributed by atoms with Crippen LogP contribution in [0.1, 0.15) is 46.5 Å². The highest BCUT2D eigenvalue weighted by Crippen LogP contribution is 2.35. The van der Waals surface area contributed by atoms with Gasteiger partial charge in [-0.25, -0.2) is 0 Å². The molecule has 2 aliphatic rings. The summed E-state index contributed by atoms with van der Waals surface area (Å²) in [5.41, 5.74) is -0.727. The zero-order chi connectivity index (χ0) is 15.6. The zero-order valence-electron chi connectivity index (χ0n) is 13.5. The lowest BCUT2D eigenvalue weighted by Gasteiger charge is -2.41. The van der Waals surface area contributed by atoms with E-state index in [-0.39, 0.29) is 17.9 Å². The summed E-state index contributed by atoms with van der Waals surface area (Å²) in [6, 6.07) is -0.129. The van der Waals surface area contributed by atoms with E-state index in [1.807, 2.05) is 11.8 Å². The number of carbonyl (C=O) groups excluding carboxylic acids is 1. The van der Waals surface area contributed by atoms with Crippen molar-refractivity contribution in [2.75, 3.05) is 26.2 Å². The lowest BCUT2D eigenvalue weighted by molar-refractivity contribution is -0.152. The van der Waals surface area contributed by atoms with Gasteiger partial charge in [0.15, 0.2) is 0 Å². The third-order valence-corrected chi connectivity index (χ3v) is 5.35. The molecule has 0 aromatic heterocycles. The van der Waals surface area contributed by atoms with Crippen molar-refractivity contribution in [1.82, 2.24) is 9.80 Å². The Bertz CT molecular complexity index is 402. The molecule has 5 nitrogen and oxygen atoms in total. The first-order valence-corrected chi connectivity index (χ1v) is 8.10. The van der Waals surface area contributed by atoms with Gasteiger partial charge in [-0.1, -0.05) is 0 Å². The molecule has 1 amide bonds.